The van der Waals surface area contributed by atoms with Crippen LogP contribution in [0.1, 0.15) is 69.7 Å². The third kappa shape index (κ3) is 7.39. The van der Waals surface area contributed by atoms with E-state index in [2.05, 4.69) is 40.3 Å². The van der Waals surface area contributed by atoms with Crippen molar-refractivity contribution in [1.82, 2.24) is 5.32 Å². The van der Waals surface area contributed by atoms with Gasteiger partial charge in [-0.2, -0.15) is 0 Å². The first-order chi connectivity index (χ1) is 17.5. The Kier molecular flexibility index (Phi) is 10.5. The highest BCUT2D eigenvalue weighted by molar-refractivity contribution is 6.02. The maximum atomic E-state index is 13.3. The molecule has 1 aliphatic heterocycles. The SMILES string of the molecule is CCCCCCC(=O)Nc1ccc(N2CCN(c3ccccc3OC)CC2)c(C(=O)NC(C)CC)c1. The van der Waals surface area contributed by atoms with E-state index in [0.29, 0.717) is 17.7 Å². The van der Waals surface area contributed by atoms with Crippen LogP contribution in [-0.2, 0) is 4.79 Å². The number of rotatable bonds is 12. The molecule has 1 unspecified atom stereocenters. The second-order valence-electron chi connectivity index (χ2n) is 9.52. The number of piperazine rings is 1. The number of carbonyl (C=O) groups is 2. The summed E-state index contributed by atoms with van der Waals surface area (Å²) < 4.78 is 5.55. The number of nitrogens with one attached hydrogen (secondary N) is 2. The fraction of sp³-hybridized carbons (Fsp3) is 0.517. The number of methoxy groups -OCH3 is 1. The van der Waals surface area contributed by atoms with E-state index >= 15 is 0 Å². The molecule has 2 aromatic rings. The van der Waals surface area contributed by atoms with Crippen LogP contribution in [0.15, 0.2) is 42.5 Å². The zero-order chi connectivity index (χ0) is 25.9. The average Bonchev–Trinajstić information content (AvgIpc) is 2.91. The quantitative estimate of drug-likeness (QED) is 0.383. The highest BCUT2D eigenvalue weighted by atomic mass is 16.5. The molecule has 7 nitrogen and oxygen atoms in total. The molecule has 2 amide bonds. The monoisotopic (exact) mass is 494 g/mol. The van der Waals surface area contributed by atoms with E-state index in [4.69, 9.17) is 4.74 Å². The van der Waals surface area contributed by atoms with Crippen LogP contribution in [0.3, 0.4) is 0 Å². The van der Waals surface area contributed by atoms with E-state index in [0.717, 1.165) is 75.4 Å². The number of benzene rings is 2. The minimum absolute atomic E-state index is 0.00226. The molecular formula is C29H42N4O3. The van der Waals surface area contributed by atoms with Crippen molar-refractivity contribution in [3.63, 3.8) is 0 Å². The molecule has 1 fully saturated rings. The zero-order valence-corrected chi connectivity index (χ0v) is 22.3. The molecule has 0 aromatic heterocycles. The summed E-state index contributed by atoms with van der Waals surface area (Å²) in [5.74, 6) is 0.762. The lowest BCUT2D eigenvalue weighted by Gasteiger charge is -2.38. The summed E-state index contributed by atoms with van der Waals surface area (Å²) in [6.07, 6.45) is 5.59. The van der Waals surface area contributed by atoms with Crippen molar-refractivity contribution in [2.75, 3.05) is 48.4 Å². The molecular weight excluding hydrogens is 452 g/mol. The number of amides is 2. The number of nitrogens with zero attached hydrogens (tertiary/aromatic N) is 2. The predicted octanol–water partition coefficient (Wildman–Crippen LogP) is 5.46. The van der Waals surface area contributed by atoms with Crippen molar-refractivity contribution in [2.24, 2.45) is 0 Å². The third-order valence-corrected chi connectivity index (χ3v) is 6.82. The summed E-state index contributed by atoms with van der Waals surface area (Å²) in [4.78, 5) is 30.3. The molecule has 196 valence electrons. The number of hydrogen-bond donors (Lipinski definition) is 2. The molecule has 7 heteroatoms. The zero-order valence-electron chi connectivity index (χ0n) is 22.3. The van der Waals surface area contributed by atoms with Gasteiger partial charge in [0.25, 0.3) is 5.91 Å². The number of anilines is 3. The molecule has 3 rings (SSSR count). The van der Waals surface area contributed by atoms with Gasteiger partial charge in [0.05, 0.1) is 18.4 Å². The van der Waals surface area contributed by atoms with E-state index in [-0.39, 0.29) is 17.9 Å². The summed E-state index contributed by atoms with van der Waals surface area (Å²) in [5.41, 5.74) is 3.26. The first-order valence-corrected chi connectivity index (χ1v) is 13.3. The first kappa shape index (κ1) is 27.4. The Morgan fingerprint density at radius 3 is 2.31 bits per heavy atom. The molecule has 2 N–H and O–H groups in total. The number of para-hydroxylation sites is 2. The van der Waals surface area contributed by atoms with Crippen LogP contribution in [0.5, 0.6) is 5.75 Å². The Labute approximate surface area is 216 Å². The summed E-state index contributed by atoms with van der Waals surface area (Å²) in [6.45, 7) is 9.43. The van der Waals surface area contributed by atoms with Crippen molar-refractivity contribution < 1.29 is 14.3 Å². The van der Waals surface area contributed by atoms with Gasteiger partial charge in [0.1, 0.15) is 5.75 Å². The van der Waals surface area contributed by atoms with Gasteiger partial charge in [-0.3, -0.25) is 9.59 Å². The van der Waals surface area contributed by atoms with Gasteiger partial charge in [-0.15, -0.1) is 0 Å². The van der Waals surface area contributed by atoms with Crippen LogP contribution >= 0.6 is 0 Å². The predicted molar refractivity (Wildman–Crippen MR) is 148 cm³/mol. The second kappa shape index (κ2) is 13.8. The standard InChI is InChI=1S/C29H42N4O3/c1-5-7-8-9-14-28(34)31-23-15-16-25(24(21-23)29(35)30-22(3)6-2)32-17-19-33(20-18-32)26-12-10-11-13-27(26)36-4/h10-13,15-16,21-22H,5-9,14,17-20H2,1-4H3,(H,30,35)(H,31,34). The van der Waals surface area contributed by atoms with Gasteiger partial charge in [-0.05, 0) is 50.1 Å². The maximum Gasteiger partial charge on any atom is 0.253 e. The third-order valence-electron chi connectivity index (χ3n) is 6.82. The number of ether oxygens (including phenoxy) is 1. The number of carbonyl (C=O) groups excluding carboxylic acids is 2. The van der Waals surface area contributed by atoms with E-state index in [1.807, 2.05) is 43.3 Å². The fourth-order valence-corrected chi connectivity index (χ4v) is 4.49. The lowest BCUT2D eigenvalue weighted by Crippen LogP contribution is -2.47. The van der Waals surface area contributed by atoms with Crippen LogP contribution in [0.2, 0.25) is 0 Å². The molecule has 0 bridgehead atoms. The van der Waals surface area contributed by atoms with Crippen molar-refractivity contribution >= 4 is 28.9 Å². The largest absolute Gasteiger partial charge is 0.495 e. The van der Waals surface area contributed by atoms with Gasteiger partial charge in [0, 0.05) is 50.0 Å². The summed E-state index contributed by atoms with van der Waals surface area (Å²) in [6, 6.07) is 13.8. The fourth-order valence-electron chi connectivity index (χ4n) is 4.49. The molecule has 1 heterocycles. The molecule has 1 aliphatic rings. The Bertz CT molecular complexity index is 1000. The van der Waals surface area contributed by atoms with E-state index in [1.165, 1.54) is 0 Å². The Balaban J connectivity index is 1.74. The molecule has 1 saturated heterocycles. The van der Waals surface area contributed by atoms with Crippen LogP contribution < -0.4 is 25.2 Å². The maximum absolute atomic E-state index is 13.3. The van der Waals surface area contributed by atoms with E-state index < -0.39 is 0 Å². The molecule has 0 spiro atoms. The first-order valence-electron chi connectivity index (χ1n) is 13.3. The van der Waals surface area contributed by atoms with Gasteiger partial charge in [0.2, 0.25) is 5.91 Å². The molecule has 2 aromatic carbocycles. The topological polar surface area (TPSA) is 73.9 Å². The number of hydrogen-bond acceptors (Lipinski definition) is 5. The lowest BCUT2D eigenvalue weighted by molar-refractivity contribution is -0.116. The molecule has 36 heavy (non-hydrogen) atoms. The van der Waals surface area contributed by atoms with Crippen molar-refractivity contribution in [3.05, 3.63) is 48.0 Å². The van der Waals surface area contributed by atoms with Crippen molar-refractivity contribution in [3.8, 4) is 5.75 Å². The van der Waals surface area contributed by atoms with Gasteiger partial charge >= 0.3 is 0 Å². The smallest absolute Gasteiger partial charge is 0.253 e. The van der Waals surface area contributed by atoms with E-state index in [1.54, 1.807) is 7.11 Å². The molecule has 1 atom stereocenters. The van der Waals surface area contributed by atoms with Crippen LogP contribution in [0, 0.1) is 0 Å². The summed E-state index contributed by atoms with van der Waals surface area (Å²) in [7, 11) is 1.70. The highest BCUT2D eigenvalue weighted by Gasteiger charge is 2.24. The van der Waals surface area contributed by atoms with Crippen LogP contribution in [-0.4, -0.2) is 51.1 Å². The van der Waals surface area contributed by atoms with Gasteiger partial charge in [-0.25, -0.2) is 0 Å². The van der Waals surface area contributed by atoms with Gasteiger partial charge in [0.15, 0.2) is 0 Å². The molecule has 0 radical (unpaired) electrons. The minimum Gasteiger partial charge on any atom is -0.495 e. The number of unbranched alkanes of at least 4 members (excludes halogenated alkanes) is 3. The Morgan fingerprint density at radius 1 is 0.944 bits per heavy atom. The normalized spacial score (nSPS) is 14.3. The average molecular weight is 495 g/mol. The molecule has 0 aliphatic carbocycles. The van der Waals surface area contributed by atoms with Crippen molar-refractivity contribution in [1.29, 1.82) is 0 Å². The van der Waals surface area contributed by atoms with E-state index in [9.17, 15) is 9.59 Å². The van der Waals surface area contributed by atoms with Gasteiger partial charge in [-0.1, -0.05) is 45.2 Å². The van der Waals surface area contributed by atoms with Crippen molar-refractivity contribution in [2.45, 2.75) is 65.3 Å². The van der Waals surface area contributed by atoms with Gasteiger partial charge < -0.3 is 25.2 Å². The van der Waals surface area contributed by atoms with Crippen LogP contribution in [0.25, 0.3) is 0 Å². The molecule has 0 saturated carbocycles. The highest BCUT2D eigenvalue weighted by Crippen LogP contribution is 2.31. The Morgan fingerprint density at radius 2 is 1.64 bits per heavy atom. The second-order valence-corrected chi connectivity index (χ2v) is 9.52. The lowest BCUT2D eigenvalue weighted by atomic mass is 10.1. The summed E-state index contributed by atoms with van der Waals surface area (Å²) in [5, 5.41) is 6.09. The summed E-state index contributed by atoms with van der Waals surface area (Å²) >= 11 is 0. The van der Waals surface area contributed by atoms with Crippen LogP contribution in [0.4, 0.5) is 17.1 Å². The Hall–Kier alpha value is -3.22. The minimum atomic E-state index is -0.106.